The molecule has 120 heavy (non-hydrogen) atoms. The molecule has 2 aliphatic rings. The van der Waals surface area contributed by atoms with E-state index in [0.717, 1.165) is 16.3 Å². The van der Waals surface area contributed by atoms with Crippen LogP contribution in [0.4, 0.5) is 0 Å². The number of hydrogen-bond acceptors (Lipinski definition) is 18. The summed E-state index contributed by atoms with van der Waals surface area (Å²) in [6.07, 6.45) is -0.769. The van der Waals surface area contributed by atoms with E-state index in [-0.39, 0.29) is 115 Å². The first-order valence-electron chi connectivity index (χ1n) is 40.2. The van der Waals surface area contributed by atoms with Gasteiger partial charge in [-0.3, -0.25) is 77.5 Å². The molecular weight excluding hydrogens is 1560 g/mol. The molecular formula is C86H111ClN16O17. The van der Waals surface area contributed by atoms with Crippen LogP contribution in [0.3, 0.4) is 0 Å². The molecule has 2 heterocycles. The number of ether oxygens (including phenoxy) is 1. The number of nitrogens with zero attached hydrogens (tertiary/aromatic N) is 3. The minimum Gasteiger partial charge on any atom is -0.481 e. The van der Waals surface area contributed by atoms with Gasteiger partial charge in [0.25, 0.3) is 0 Å². The summed E-state index contributed by atoms with van der Waals surface area (Å²) < 4.78 is 5.56. The van der Waals surface area contributed by atoms with Crippen molar-refractivity contribution < 1.29 is 82.4 Å². The fourth-order valence-corrected chi connectivity index (χ4v) is 14.3. The molecule has 0 radical (unpaired) electrons. The van der Waals surface area contributed by atoms with Crippen LogP contribution >= 0.6 is 11.6 Å². The van der Waals surface area contributed by atoms with E-state index in [1.807, 2.05) is 54.6 Å². The van der Waals surface area contributed by atoms with Crippen LogP contribution < -0.4 is 64.6 Å². The monoisotopic (exact) mass is 1670 g/mol. The van der Waals surface area contributed by atoms with E-state index in [9.17, 15) is 53.7 Å². The second-order valence-electron chi connectivity index (χ2n) is 30.7. The largest absolute Gasteiger partial charge is 0.481 e. The number of carbonyl (C=O) groups is 13. The molecule has 18 N–H and O–H groups in total. The number of nitrogens with one attached hydrogen (secondary N) is 11. The summed E-state index contributed by atoms with van der Waals surface area (Å²) in [6.45, 7) is 8.55. The van der Waals surface area contributed by atoms with Crippen molar-refractivity contribution in [2.24, 2.45) is 17.4 Å². The Kier molecular flexibility index (Phi) is 36.7. The van der Waals surface area contributed by atoms with Crippen LogP contribution in [0.15, 0.2) is 146 Å². The zero-order chi connectivity index (χ0) is 87.0. The van der Waals surface area contributed by atoms with Gasteiger partial charge >= 0.3 is 11.9 Å². The Bertz CT molecular complexity index is 4500. The molecule has 0 aromatic heterocycles. The smallest absolute Gasteiger partial charge is 0.304 e. The molecule has 0 spiro atoms. The summed E-state index contributed by atoms with van der Waals surface area (Å²) in [7, 11) is 0. The number of nitrogens with two attached hydrogens (primary N) is 2. The van der Waals surface area contributed by atoms with Gasteiger partial charge in [-0.2, -0.15) is 0 Å². The summed E-state index contributed by atoms with van der Waals surface area (Å²) >= 11 is 6.29. The number of morpholine rings is 1. The lowest BCUT2D eigenvalue weighted by molar-refractivity contribution is -0.142. The van der Waals surface area contributed by atoms with E-state index >= 15 is 24.0 Å². The maximum atomic E-state index is 15.6. The predicted molar refractivity (Wildman–Crippen MR) is 447 cm³/mol. The standard InChI is InChI=1S/C86H111ClN16O17/c1-52(2)42-66(77(111)94-65(16-10-34-91-86(89)90)85(119)103-35-11-17-73(103)84(118)92-53(3)76(88)110)95-79(113)69(45-56-20-24-60(25-21-56)50-102-38-40-120-41-39-102)98-81(115)71(46-57-18-22-59(23-19-57)49-101(36-32-74(106)107)37-33-75(108)109)99-83(117)72(51-104)100-82(116)68(44-55-12-6-5-7-13-55)97-80(114)70(47-58-27-30-64(87)31-28-58)96-78(112)67(93-54(4)105)48-61-26-29-62-14-8-9-15-63(62)43-61/h5-9,12-15,18-31,43,52-53,65-73,104H,10-11,16-17,32-42,44-51H2,1-4H3,(H2,88,110)(H,92,118)(H,93,105)(H,94,111)(H,95,113)(H,96,112)(H,97,114)(H,98,115)(H,99,117)(H,100,116)(H,106,107)(H,108,109)(H4,89,90,91)/t53-,65+,66+,67-,68-,69-,70-,71+,72+,73+/m1/s1. The van der Waals surface area contributed by atoms with Gasteiger partial charge in [0.15, 0.2) is 5.96 Å². The molecule has 0 saturated carbocycles. The summed E-state index contributed by atoms with van der Waals surface area (Å²) in [4.78, 5) is 187. The van der Waals surface area contributed by atoms with Gasteiger partial charge in [-0.1, -0.05) is 159 Å². The van der Waals surface area contributed by atoms with Crippen molar-refractivity contribution in [3.63, 3.8) is 0 Å². The van der Waals surface area contributed by atoms with Gasteiger partial charge in [0, 0.05) is 96.4 Å². The number of primary amides is 1. The van der Waals surface area contributed by atoms with E-state index in [1.165, 1.54) is 18.7 Å². The molecule has 0 bridgehead atoms. The highest BCUT2D eigenvalue weighted by Gasteiger charge is 2.41. The van der Waals surface area contributed by atoms with E-state index in [4.69, 9.17) is 33.2 Å². The number of halogens is 1. The van der Waals surface area contributed by atoms with Gasteiger partial charge < -0.3 is 89.6 Å². The van der Waals surface area contributed by atoms with Crippen LogP contribution in [0.5, 0.6) is 0 Å². The molecule has 0 unspecified atom stereocenters. The van der Waals surface area contributed by atoms with Crippen LogP contribution in [-0.2, 0) is 112 Å². The number of likely N-dealkylation sites (tertiary alicyclic amines) is 1. The second-order valence-corrected chi connectivity index (χ2v) is 31.1. The molecule has 34 heteroatoms. The summed E-state index contributed by atoms with van der Waals surface area (Å²) in [5.41, 5.74) is 15.3. The molecule has 2 saturated heterocycles. The fourth-order valence-electron chi connectivity index (χ4n) is 14.2. The van der Waals surface area contributed by atoms with E-state index in [0.29, 0.717) is 77.7 Å². The normalized spacial score (nSPS) is 15.7. The van der Waals surface area contributed by atoms with E-state index in [1.54, 1.807) is 110 Å². The number of guanidine groups is 1. The maximum absolute atomic E-state index is 15.6. The minimum absolute atomic E-state index is 0.0120. The molecule has 8 rings (SSSR count). The summed E-state index contributed by atoms with van der Waals surface area (Å²) in [6, 6.07) is 27.9. The van der Waals surface area contributed by atoms with Gasteiger partial charge in [0.2, 0.25) is 65.0 Å². The number of aliphatic carboxylic acids is 2. The molecule has 10 atom stereocenters. The molecule has 2 aliphatic heterocycles. The number of rotatable bonds is 46. The topological polar surface area (TPSA) is 498 Å². The first kappa shape index (κ1) is 93.6. The zero-order valence-corrected chi connectivity index (χ0v) is 68.7. The molecule has 33 nitrogen and oxygen atoms in total. The molecule has 0 aliphatic carbocycles. The van der Waals surface area contributed by atoms with Crippen LogP contribution in [0.2, 0.25) is 5.02 Å². The van der Waals surface area contributed by atoms with Gasteiger partial charge in [-0.05, 0) is 107 Å². The van der Waals surface area contributed by atoms with Crippen molar-refractivity contribution in [2.45, 2.75) is 178 Å². The Hall–Kier alpha value is -11.9. The maximum Gasteiger partial charge on any atom is 0.304 e. The lowest BCUT2D eigenvalue weighted by Crippen LogP contribution is -2.62. The molecule has 6 aromatic rings. The minimum atomic E-state index is -1.88. The zero-order valence-electron chi connectivity index (χ0n) is 67.9. The summed E-state index contributed by atoms with van der Waals surface area (Å²) in [5, 5.41) is 67.5. The van der Waals surface area contributed by atoms with Crippen molar-refractivity contribution >= 4 is 105 Å². The first-order valence-corrected chi connectivity index (χ1v) is 40.6. The third-order valence-corrected chi connectivity index (χ3v) is 20.9. The highest BCUT2D eigenvalue weighted by atomic mass is 35.5. The quantitative estimate of drug-likeness (QED) is 0.0147. The van der Waals surface area contributed by atoms with Crippen molar-refractivity contribution in [3.05, 3.63) is 190 Å². The third kappa shape index (κ3) is 30.8. The Morgan fingerprint density at radius 2 is 0.950 bits per heavy atom. The van der Waals surface area contributed by atoms with Gasteiger partial charge in [0.1, 0.15) is 60.4 Å². The lowest BCUT2D eigenvalue weighted by Gasteiger charge is -2.31. The third-order valence-electron chi connectivity index (χ3n) is 20.6. The highest BCUT2D eigenvalue weighted by molar-refractivity contribution is 6.30. The van der Waals surface area contributed by atoms with E-state index in [2.05, 4.69) is 58.1 Å². The van der Waals surface area contributed by atoms with Gasteiger partial charge in [-0.15, -0.1) is 0 Å². The van der Waals surface area contributed by atoms with Gasteiger partial charge in [-0.25, -0.2) is 0 Å². The summed E-state index contributed by atoms with van der Waals surface area (Å²) in [5.74, 6) is -11.9. The number of fused-ring (bicyclic) bond motifs is 1. The number of hydrogen-bond donors (Lipinski definition) is 16. The Labute approximate surface area is 701 Å². The van der Waals surface area contributed by atoms with Crippen molar-refractivity contribution in [1.82, 2.24) is 67.9 Å². The Morgan fingerprint density at radius 3 is 1.45 bits per heavy atom. The van der Waals surface area contributed by atoms with Crippen molar-refractivity contribution in [3.8, 4) is 0 Å². The number of amides is 11. The van der Waals surface area contributed by atoms with Crippen LogP contribution in [-0.4, -0.2) is 232 Å². The number of benzene rings is 6. The highest BCUT2D eigenvalue weighted by Crippen LogP contribution is 2.23. The average Bonchev–Trinajstić information content (AvgIpc) is 1.31. The Morgan fingerprint density at radius 1 is 0.517 bits per heavy atom. The molecule has 644 valence electrons. The number of carboxylic acids is 2. The average molecular weight is 1680 g/mol. The molecule has 2 fully saturated rings. The number of carboxylic acid groups (broad SMARTS) is 2. The van der Waals surface area contributed by atoms with E-state index < -0.39 is 144 Å². The number of aliphatic hydroxyl groups is 1. The van der Waals surface area contributed by atoms with Crippen LogP contribution in [0.25, 0.3) is 10.8 Å². The molecule has 6 aromatic carbocycles. The van der Waals surface area contributed by atoms with Crippen LogP contribution in [0, 0.1) is 11.3 Å². The van der Waals surface area contributed by atoms with Crippen molar-refractivity contribution in [1.29, 1.82) is 5.41 Å². The Balaban J connectivity index is 1.11. The number of aliphatic hydroxyl groups excluding tert-OH is 1. The second kappa shape index (κ2) is 47.0. The van der Waals surface area contributed by atoms with Crippen LogP contribution in [0.1, 0.15) is 112 Å². The fraction of sp³-hybridized carbons (Fsp3) is 0.442. The van der Waals surface area contributed by atoms with Gasteiger partial charge in [0.05, 0.1) is 32.7 Å². The number of carbonyl (C=O) groups excluding carboxylic acids is 11. The van der Waals surface area contributed by atoms with Crippen molar-refractivity contribution in [2.75, 3.05) is 59.1 Å². The predicted octanol–water partition coefficient (Wildman–Crippen LogP) is 1.77. The SMILES string of the molecule is CC(=O)N[C@H](Cc1ccc2ccccc2c1)C(=O)N[C@H](Cc1ccc(Cl)cc1)C(=O)N[C@H](Cc1ccccc1)C(=O)N[C@@H](CO)C(=O)N[C@@H](Cc1ccc(CN(CCC(=O)O)CCC(=O)O)cc1)C(=O)N[C@H](Cc1ccc(CN2CCOCC2)cc1)C(=O)N[C@@H](CC(C)C)C(=O)N[C@@H](CCCNC(=N)N)C(=O)N1CCC[C@H]1C(=O)N[C@H](C)C(N)=O. The lowest BCUT2D eigenvalue weighted by atomic mass is 9.99. The molecule has 11 amide bonds. The first-order chi connectivity index (χ1) is 57.4.